The van der Waals surface area contributed by atoms with E-state index in [1.165, 1.54) is 0 Å². The van der Waals surface area contributed by atoms with E-state index in [2.05, 4.69) is 10.5 Å². The van der Waals surface area contributed by atoms with E-state index in [1.807, 2.05) is 13.8 Å². The van der Waals surface area contributed by atoms with Crippen LogP contribution in [0.2, 0.25) is 0 Å². The number of phenolic OH excluding ortho intramolecular Hbond substituents is 1. The number of aromatic nitrogens is 1. The Morgan fingerprint density at radius 2 is 2.05 bits per heavy atom. The van der Waals surface area contributed by atoms with Crippen molar-refractivity contribution in [2.75, 3.05) is 6.54 Å². The molecule has 19 heavy (non-hydrogen) atoms. The lowest BCUT2D eigenvalue weighted by molar-refractivity contribution is 0.0940. The zero-order chi connectivity index (χ0) is 13.8. The monoisotopic (exact) mass is 260 g/mol. The SMILES string of the molecule is CC(C)CNC(=O)c1cc(-c2ccc(O)cc2)on1. The van der Waals surface area contributed by atoms with Crippen molar-refractivity contribution in [1.29, 1.82) is 0 Å². The molecule has 5 nitrogen and oxygen atoms in total. The van der Waals surface area contributed by atoms with Gasteiger partial charge in [-0.15, -0.1) is 0 Å². The van der Waals surface area contributed by atoms with Gasteiger partial charge in [-0.25, -0.2) is 0 Å². The van der Waals surface area contributed by atoms with Crippen molar-refractivity contribution in [2.45, 2.75) is 13.8 Å². The first-order chi connectivity index (χ1) is 9.06. The van der Waals surface area contributed by atoms with Gasteiger partial charge in [-0.1, -0.05) is 19.0 Å². The number of rotatable bonds is 4. The smallest absolute Gasteiger partial charge is 0.273 e. The molecule has 1 aromatic carbocycles. The number of amides is 1. The van der Waals surface area contributed by atoms with Crippen molar-refractivity contribution in [3.8, 4) is 17.1 Å². The van der Waals surface area contributed by atoms with Crippen LogP contribution in [0.25, 0.3) is 11.3 Å². The molecule has 2 rings (SSSR count). The van der Waals surface area contributed by atoms with Gasteiger partial charge < -0.3 is 14.9 Å². The van der Waals surface area contributed by atoms with E-state index < -0.39 is 0 Å². The van der Waals surface area contributed by atoms with Crippen molar-refractivity contribution in [3.63, 3.8) is 0 Å². The molecule has 0 aliphatic carbocycles. The van der Waals surface area contributed by atoms with E-state index in [-0.39, 0.29) is 17.4 Å². The van der Waals surface area contributed by atoms with Crippen LogP contribution in [0.4, 0.5) is 0 Å². The number of carbonyl (C=O) groups is 1. The molecule has 0 spiro atoms. The number of benzene rings is 1. The van der Waals surface area contributed by atoms with Crippen LogP contribution in [-0.2, 0) is 0 Å². The van der Waals surface area contributed by atoms with E-state index in [0.29, 0.717) is 18.2 Å². The fraction of sp³-hybridized carbons (Fsp3) is 0.286. The lowest BCUT2D eigenvalue weighted by Gasteiger charge is -2.04. The van der Waals surface area contributed by atoms with E-state index in [0.717, 1.165) is 5.56 Å². The molecule has 0 atom stereocenters. The fourth-order valence-electron chi connectivity index (χ4n) is 1.53. The molecular formula is C14H16N2O3. The average molecular weight is 260 g/mol. The van der Waals surface area contributed by atoms with Gasteiger partial charge in [0.05, 0.1) is 0 Å². The van der Waals surface area contributed by atoms with Crippen LogP contribution in [0, 0.1) is 5.92 Å². The third-order valence-corrected chi connectivity index (χ3v) is 2.57. The summed E-state index contributed by atoms with van der Waals surface area (Å²) in [5.41, 5.74) is 1.01. The molecule has 5 heteroatoms. The minimum Gasteiger partial charge on any atom is -0.508 e. The number of aromatic hydroxyl groups is 1. The Morgan fingerprint density at radius 1 is 1.37 bits per heavy atom. The predicted octanol–water partition coefficient (Wildman–Crippen LogP) is 2.43. The highest BCUT2D eigenvalue weighted by atomic mass is 16.5. The number of hydrogen-bond donors (Lipinski definition) is 2. The van der Waals surface area contributed by atoms with Gasteiger partial charge in [0.15, 0.2) is 11.5 Å². The first kappa shape index (κ1) is 13.1. The number of hydrogen-bond acceptors (Lipinski definition) is 4. The molecule has 0 saturated heterocycles. The minimum absolute atomic E-state index is 0.179. The van der Waals surface area contributed by atoms with Crippen LogP contribution < -0.4 is 5.32 Å². The van der Waals surface area contributed by atoms with Crippen molar-refractivity contribution in [2.24, 2.45) is 5.92 Å². The zero-order valence-electron chi connectivity index (χ0n) is 10.9. The molecule has 0 aliphatic heterocycles. The molecule has 0 unspecified atom stereocenters. The minimum atomic E-state index is -0.248. The van der Waals surface area contributed by atoms with Gasteiger partial charge in [0.1, 0.15) is 5.75 Å². The van der Waals surface area contributed by atoms with Crippen LogP contribution in [0.1, 0.15) is 24.3 Å². The van der Waals surface area contributed by atoms with Gasteiger partial charge in [0, 0.05) is 18.2 Å². The van der Waals surface area contributed by atoms with Crippen molar-refractivity contribution in [3.05, 3.63) is 36.0 Å². The topological polar surface area (TPSA) is 75.4 Å². The van der Waals surface area contributed by atoms with Crippen molar-refractivity contribution in [1.82, 2.24) is 10.5 Å². The fourth-order valence-corrected chi connectivity index (χ4v) is 1.53. The maximum Gasteiger partial charge on any atom is 0.273 e. The van der Waals surface area contributed by atoms with Gasteiger partial charge >= 0.3 is 0 Å². The molecule has 0 fully saturated rings. The normalized spacial score (nSPS) is 10.7. The maximum absolute atomic E-state index is 11.8. The summed E-state index contributed by atoms with van der Waals surface area (Å²) < 4.78 is 5.13. The highest BCUT2D eigenvalue weighted by Crippen LogP contribution is 2.22. The van der Waals surface area contributed by atoms with Gasteiger partial charge in [0.2, 0.25) is 0 Å². The Morgan fingerprint density at radius 3 is 2.68 bits per heavy atom. The summed E-state index contributed by atoms with van der Waals surface area (Å²) in [5.74, 6) is 0.808. The molecule has 0 radical (unpaired) electrons. The van der Waals surface area contributed by atoms with Gasteiger partial charge in [0.25, 0.3) is 5.91 Å². The summed E-state index contributed by atoms with van der Waals surface area (Å²) in [6.07, 6.45) is 0. The summed E-state index contributed by atoms with van der Waals surface area (Å²) in [7, 11) is 0. The maximum atomic E-state index is 11.8. The molecule has 1 amide bonds. The second kappa shape index (κ2) is 5.56. The Kier molecular flexibility index (Phi) is 3.85. The second-order valence-electron chi connectivity index (χ2n) is 4.73. The van der Waals surface area contributed by atoms with Crippen molar-refractivity contribution >= 4 is 5.91 Å². The summed E-state index contributed by atoms with van der Waals surface area (Å²) in [6, 6.07) is 8.09. The predicted molar refractivity (Wildman–Crippen MR) is 70.8 cm³/mol. The zero-order valence-corrected chi connectivity index (χ0v) is 10.9. The molecule has 2 N–H and O–H groups in total. The molecule has 2 aromatic rings. The Hall–Kier alpha value is -2.30. The molecule has 100 valence electrons. The van der Waals surface area contributed by atoms with Gasteiger partial charge in [-0.05, 0) is 30.2 Å². The molecule has 1 heterocycles. The standard InChI is InChI=1S/C14H16N2O3/c1-9(2)8-15-14(18)12-7-13(19-16-12)10-3-5-11(17)6-4-10/h3-7,9,17H,8H2,1-2H3,(H,15,18). The Balaban J connectivity index is 2.10. The van der Waals surface area contributed by atoms with Crippen LogP contribution in [0.3, 0.4) is 0 Å². The summed E-state index contributed by atoms with van der Waals surface area (Å²) in [4.78, 5) is 11.8. The molecule has 0 bridgehead atoms. The van der Waals surface area contributed by atoms with E-state index in [1.54, 1.807) is 30.3 Å². The second-order valence-corrected chi connectivity index (χ2v) is 4.73. The van der Waals surface area contributed by atoms with Crippen LogP contribution in [-0.4, -0.2) is 22.7 Å². The third-order valence-electron chi connectivity index (χ3n) is 2.57. The number of carbonyl (C=O) groups excluding carboxylic acids is 1. The highest BCUT2D eigenvalue weighted by molar-refractivity contribution is 5.93. The van der Waals surface area contributed by atoms with Crippen molar-refractivity contribution < 1.29 is 14.4 Å². The van der Waals surface area contributed by atoms with Crippen LogP contribution >= 0.6 is 0 Å². The largest absolute Gasteiger partial charge is 0.508 e. The number of nitrogens with zero attached hydrogens (tertiary/aromatic N) is 1. The van der Waals surface area contributed by atoms with Crippen LogP contribution in [0.15, 0.2) is 34.9 Å². The number of phenols is 1. The summed E-state index contributed by atoms with van der Waals surface area (Å²) in [6.45, 7) is 4.64. The molecule has 1 aromatic heterocycles. The molecule has 0 saturated carbocycles. The quantitative estimate of drug-likeness (QED) is 0.885. The highest BCUT2D eigenvalue weighted by Gasteiger charge is 2.13. The van der Waals surface area contributed by atoms with Gasteiger partial charge in [-0.2, -0.15) is 0 Å². The number of nitrogens with one attached hydrogen (secondary N) is 1. The lowest BCUT2D eigenvalue weighted by Crippen LogP contribution is -2.27. The summed E-state index contributed by atoms with van der Waals surface area (Å²) in [5, 5.41) is 15.7. The van der Waals surface area contributed by atoms with E-state index in [9.17, 15) is 9.90 Å². The van der Waals surface area contributed by atoms with Crippen LogP contribution in [0.5, 0.6) is 5.75 Å². The first-order valence-electron chi connectivity index (χ1n) is 6.10. The lowest BCUT2D eigenvalue weighted by atomic mass is 10.1. The van der Waals surface area contributed by atoms with Gasteiger partial charge in [-0.3, -0.25) is 4.79 Å². The van der Waals surface area contributed by atoms with E-state index in [4.69, 9.17) is 4.52 Å². The average Bonchev–Trinajstić information content (AvgIpc) is 2.86. The first-order valence-corrected chi connectivity index (χ1v) is 6.10. The molecule has 0 aliphatic rings. The third kappa shape index (κ3) is 3.34. The van der Waals surface area contributed by atoms with E-state index >= 15 is 0 Å². The summed E-state index contributed by atoms with van der Waals surface area (Å²) >= 11 is 0. The Labute approximate surface area is 111 Å². The Bertz CT molecular complexity index is 558. The molecular weight excluding hydrogens is 244 g/mol.